The van der Waals surface area contributed by atoms with Crippen molar-refractivity contribution in [2.45, 2.75) is 44.4 Å². The second-order valence-corrected chi connectivity index (χ2v) is 8.18. The van der Waals surface area contributed by atoms with Gasteiger partial charge in [0.1, 0.15) is 11.1 Å². The van der Waals surface area contributed by atoms with Gasteiger partial charge >= 0.3 is 0 Å². The van der Waals surface area contributed by atoms with Crippen LogP contribution in [0.15, 0.2) is 48.5 Å². The topological polar surface area (TPSA) is 58.6 Å². The number of carbonyl (C=O) groups is 2. The monoisotopic (exact) mass is 412 g/mol. The maximum Gasteiger partial charge on any atom is 0.238 e. The van der Waals surface area contributed by atoms with Crippen molar-refractivity contribution in [1.82, 2.24) is 0 Å². The minimum atomic E-state index is -0.129. The third-order valence-electron chi connectivity index (χ3n) is 4.91. The second kappa shape index (κ2) is 10.3. The molecule has 0 radical (unpaired) electrons. The SMILES string of the molecule is CCCCCCC(=O)Nc1cccc([C@@H]2SCC(=O)N2c2cccc(OC)c2)c1. The minimum Gasteiger partial charge on any atom is -0.497 e. The highest BCUT2D eigenvalue weighted by Gasteiger charge is 2.34. The van der Waals surface area contributed by atoms with Crippen molar-refractivity contribution in [1.29, 1.82) is 0 Å². The van der Waals surface area contributed by atoms with Crippen LogP contribution < -0.4 is 15.0 Å². The van der Waals surface area contributed by atoms with E-state index in [1.165, 1.54) is 0 Å². The molecule has 1 N–H and O–H groups in total. The van der Waals surface area contributed by atoms with Crippen LogP contribution in [-0.2, 0) is 9.59 Å². The van der Waals surface area contributed by atoms with Gasteiger partial charge in [0.2, 0.25) is 11.8 Å². The van der Waals surface area contributed by atoms with Gasteiger partial charge in [-0.2, -0.15) is 0 Å². The Morgan fingerprint density at radius 3 is 2.79 bits per heavy atom. The molecule has 1 aliphatic rings. The molecule has 0 aliphatic carbocycles. The molecule has 1 saturated heterocycles. The lowest BCUT2D eigenvalue weighted by atomic mass is 10.1. The molecule has 2 aromatic rings. The van der Waals surface area contributed by atoms with Crippen LogP contribution in [0.1, 0.15) is 50.0 Å². The Bertz CT molecular complexity index is 856. The highest BCUT2D eigenvalue weighted by atomic mass is 32.2. The lowest BCUT2D eigenvalue weighted by Gasteiger charge is -2.25. The molecule has 154 valence electrons. The number of ether oxygens (including phenoxy) is 1. The van der Waals surface area contributed by atoms with Gasteiger partial charge in [-0.25, -0.2) is 0 Å². The van der Waals surface area contributed by atoms with Gasteiger partial charge in [0.15, 0.2) is 0 Å². The largest absolute Gasteiger partial charge is 0.497 e. The van der Waals surface area contributed by atoms with Crippen molar-refractivity contribution in [2.75, 3.05) is 23.1 Å². The van der Waals surface area contributed by atoms with Crippen molar-refractivity contribution >= 4 is 35.0 Å². The van der Waals surface area contributed by atoms with Crippen LogP contribution in [-0.4, -0.2) is 24.7 Å². The molecule has 2 amide bonds. The van der Waals surface area contributed by atoms with E-state index in [9.17, 15) is 9.59 Å². The van der Waals surface area contributed by atoms with Crippen LogP contribution in [0.3, 0.4) is 0 Å². The van der Waals surface area contributed by atoms with Crippen LogP contribution in [0.5, 0.6) is 5.75 Å². The summed E-state index contributed by atoms with van der Waals surface area (Å²) in [5.41, 5.74) is 2.58. The van der Waals surface area contributed by atoms with Crippen LogP contribution in [0, 0.1) is 0 Å². The molecule has 0 unspecified atom stereocenters. The first kappa shape index (κ1) is 21.2. The molecule has 0 spiro atoms. The number of nitrogens with zero attached hydrogens (tertiary/aromatic N) is 1. The molecule has 1 aliphatic heterocycles. The molecule has 0 saturated carbocycles. The van der Waals surface area contributed by atoms with Crippen molar-refractivity contribution in [2.24, 2.45) is 0 Å². The maximum absolute atomic E-state index is 12.6. The highest BCUT2D eigenvalue weighted by molar-refractivity contribution is 8.00. The smallest absolute Gasteiger partial charge is 0.238 e. The average molecular weight is 413 g/mol. The predicted molar refractivity (Wildman–Crippen MR) is 120 cm³/mol. The van der Waals surface area contributed by atoms with E-state index in [1.807, 2.05) is 48.5 Å². The van der Waals surface area contributed by atoms with E-state index in [-0.39, 0.29) is 17.2 Å². The molecule has 1 atom stereocenters. The molecule has 0 bridgehead atoms. The zero-order chi connectivity index (χ0) is 20.6. The number of rotatable bonds is 9. The quantitative estimate of drug-likeness (QED) is 0.562. The summed E-state index contributed by atoms with van der Waals surface area (Å²) in [6.45, 7) is 2.16. The third kappa shape index (κ3) is 5.54. The van der Waals surface area contributed by atoms with Gasteiger partial charge < -0.3 is 10.1 Å². The molecule has 1 fully saturated rings. The Morgan fingerprint density at radius 2 is 2.00 bits per heavy atom. The maximum atomic E-state index is 12.6. The summed E-state index contributed by atoms with van der Waals surface area (Å²) in [5.74, 6) is 1.25. The summed E-state index contributed by atoms with van der Waals surface area (Å²) in [6, 6.07) is 15.3. The third-order valence-corrected chi connectivity index (χ3v) is 6.12. The number of carbonyl (C=O) groups excluding carboxylic acids is 2. The van der Waals surface area contributed by atoms with E-state index < -0.39 is 0 Å². The number of hydrogen-bond acceptors (Lipinski definition) is 4. The average Bonchev–Trinajstić information content (AvgIpc) is 3.13. The molecular weight excluding hydrogens is 384 g/mol. The fourth-order valence-corrected chi connectivity index (χ4v) is 4.58. The van der Waals surface area contributed by atoms with E-state index in [0.29, 0.717) is 12.2 Å². The molecule has 1 heterocycles. The van der Waals surface area contributed by atoms with Crippen molar-refractivity contribution in [3.8, 4) is 5.75 Å². The zero-order valence-corrected chi connectivity index (χ0v) is 17.8. The Morgan fingerprint density at radius 1 is 1.17 bits per heavy atom. The number of methoxy groups -OCH3 is 1. The summed E-state index contributed by atoms with van der Waals surface area (Å²) < 4.78 is 5.31. The van der Waals surface area contributed by atoms with E-state index in [1.54, 1.807) is 23.8 Å². The van der Waals surface area contributed by atoms with Gasteiger partial charge in [-0.05, 0) is 36.2 Å². The summed E-state index contributed by atoms with van der Waals surface area (Å²) in [4.78, 5) is 26.6. The Kier molecular flexibility index (Phi) is 7.58. The lowest BCUT2D eigenvalue weighted by molar-refractivity contribution is -0.117. The fourth-order valence-electron chi connectivity index (χ4n) is 3.42. The van der Waals surface area contributed by atoms with Gasteiger partial charge in [0.25, 0.3) is 0 Å². The van der Waals surface area contributed by atoms with Gasteiger partial charge in [-0.3, -0.25) is 14.5 Å². The number of benzene rings is 2. The Labute approximate surface area is 176 Å². The van der Waals surface area contributed by atoms with E-state index in [0.717, 1.165) is 48.4 Å². The van der Waals surface area contributed by atoms with Gasteiger partial charge in [0.05, 0.1) is 12.9 Å². The Hall–Kier alpha value is -2.47. The molecule has 5 nitrogen and oxygen atoms in total. The van der Waals surface area contributed by atoms with Crippen LogP contribution in [0.25, 0.3) is 0 Å². The molecule has 0 aromatic heterocycles. The second-order valence-electron chi connectivity index (χ2n) is 7.11. The lowest BCUT2D eigenvalue weighted by Crippen LogP contribution is -2.27. The molecule has 6 heteroatoms. The van der Waals surface area contributed by atoms with Crippen molar-refractivity contribution in [3.05, 3.63) is 54.1 Å². The molecular formula is C23H28N2O3S. The summed E-state index contributed by atoms with van der Waals surface area (Å²) in [7, 11) is 1.62. The van der Waals surface area contributed by atoms with E-state index in [2.05, 4.69) is 12.2 Å². The van der Waals surface area contributed by atoms with Gasteiger partial charge in [-0.15, -0.1) is 11.8 Å². The molecule has 3 rings (SSSR count). The number of thioether (sulfide) groups is 1. The number of anilines is 2. The van der Waals surface area contributed by atoms with Crippen LogP contribution in [0.2, 0.25) is 0 Å². The first-order valence-corrected chi connectivity index (χ1v) is 11.1. The number of amides is 2. The highest BCUT2D eigenvalue weighted by Crippen LogP contribution is 2.42. The van der Waals surface area contributed by atoms with E-state index >= 15 is 0 Å². The first-order valence-electron chi connectivity index (χ1n) is 10.1. The van der Waals surface area contributed by atoms with Crippen molar-refractivity contribution < 1.29 is 14.3 Å². The van der Waals surface area contributed by atoms with Crippen LogP contribution >= 0.6 is 11.8 Å². The number of unbranched alkanes of at least 4 members (excludes halogenated alkanes) is 3. The predicted octanol–water partition coefficient (Wildman–Crippen LogP) is 5.38. The standard InChI is InChI=1S/C23H28N2O3S/c1-3-4-5-6-13-21(26)24-18-10-7-9-17(14-18)23-25(22(27)16-29-23)19-11-8-12-20(15-19)28-2/h7-12,14-15,23H,3-6,13,16H2,1-2H3,(H,24,26)/t23-/m0/s1. The Balaban J connectivity index is 1.73. The fraction of sp³-hybridized carbons (Fsp3) is 0.391. The van der Waals surface area contributed by atoms with Crippen LogP contribution in [0.4, 0.5) is 11.4 Å². The molecule has 2 aromatic carbocycles. The minimum absolute atomic E-state index is 0.0399. The van der Waals surface area contributed by atoms with Gasteiger partial charge in [0, 0.05) is 23.9 Å². The molecule has 29 heavy (non-hydrogen) atoms. The normalized spacial score (nSPS) is 16.1. The number of hydrogen-bond donors (Lipinski definition) is 1. The van der Waals surface area contributed by atoms with Gasteiger partial charge in [-0.1, -0.05) is 44.4 Å². The first-order chi connectivity index (χ1) is 14.1. The summed E-state index contributed by atoms with van der Waals surface area (Å²) >= 11 is 1.59. The summed E-state index contributed by atoms with van der Waals surface area (Å²) in [6.07, 6.45) is 4.86. The summed E-state index contributed by atoms with van der Waals surface area (Å²) in [5, 5.41) is 2.87. The van der Waals surface area contributed by atoms with E-state index in [4.69, 9.17) is 4.74 Å². The zero-order valence-electron chi connectivity index (χ0n) is 17.0. The number of nitrogens with one attached hydrogen (secondary N) is 1. The van der Waals surface area contributed by atoms with Crippen molar-refractivity contribution in [3.63, 3.8) is 0 Å².